The smallest absolute Gasteiger partial charge is 0.328 e. The monoisotopic (exact) mass is 161 g/mol. The second-order valence-corrected chi connectivity index (χ2v) is 2.18. The Bertz CT molecular complexity index is 146. The maximum atomic E-state index is 10.5. The quantitative estimate of drug-likeness (QED) is 0.418. The van der Waals surface area contributed by atoms with Crippen molar-refractivity contribution in [2.45, 2.75) is 6.10 Å². The van der Waals surface area contributed by atoms with Crippen molar-refractivity contribution in [2.75, 3.05) is 19.8 Å². The first-order valence-corrected chi connectivity index (χ1v) is 3.26. The first kappa shape index (κ1) is 7.56. The second-order valence-electron chi connectivity index (χ2n) is 1.93. The van der Waals surface area contributed by atoms with Crippen LogP contribution in [0.2, 0.25) is 0 Å². The number of ether oxygens (including phenoxy) is 2. The molecule has 1 unspecified atom stereocenters. The van der Waals surface area contributed by atoms with Crippen molar-refractivity contribution < 1.29 is 14.3 Å². The molecule has 0 radical (unpaired) electrons. The van der Waals surface area contributed by atoms with E-state index >= 15 is 0 Å². The first-order valence-electron chi connectivity index (χ1n) is 2.89. The van der Waals surface area contributed by atoms with E-state index in [9.17, 15) is 4.79 Å². The summed E-state index contributed by atoms with van der Waals surface area (Å²) < 4.78 is 12.7. The summed E-state index contributed by atoms with van der Waals surface area (Å²) in [7, 11) is 0. The molecule has 0 spiro atoms. The van der Waals surface area contributed by atoms with Gasteiger partial charge in [-0.25, -0.2) is 4.36 Å². The number of hydrogen-bond donors (Lipinski definition) is 0. The van der Waals surface area contributed by atoms with Gasteiger partial charge in [0, 0.05) is 12.4 Å². The number of rotatable bonds is 4. The summed E-state index contributed by atoms with van der Waals surface area (Å²) >= 11 is 4.22. The number of hydrogen-bond acceptors (Lipinski definition) is 5. The predicted octanol–water partition coefficient (Wildman–Crippen LogP) is -0.341. The van der Waals surface area contributed by atoms with Crippen LogP contribution in [0.25, 0.3) is 0 Å². The van der Waals surface area contributed by atoms with E-state index < -0.39 is 0 Å². The summed E-state index contributed by atoms with van der Waals surface area (Å²) in [6.07, 6.45) is 0.120. The second kappa shape index (κ2) is 3.58. The van der Waals surface area contributed by atoms with Gasteiger partial charge >= 0.3 is 5.97 Å². The lowest BCUT2D eigenvalue weighted by Crippen LogP contribution is -2.11. The molecule has 5 heteroatoms. The molecule has 56 valence electrons. The number of carbonyl (C=O) groups is 1. The van der Waals surface area contributed by atoms with Crippen molar-refractivity contribution in [1.82, 2.24) is 0 Å². The summed E-state index contributed by atoms with van der Waals surface area (Å²) in [4.78, 5) is 10.5. The van der Waals surface area contributed by atoms with E-state index in [0.717, 1.165) is 0 Å². The van der Waals surface area contributed by atoms with Gasteiger partial charge in [-0.15, -0.1) is 0 Å². The molecule has 10 heavy (non-hydrogen) atoms. The van der Waals surface area contributed by atoms with Crippen molar-refractivity contribution in [3.63, 3.8) is 0 Å². The number of nitrogens with zero attached hydrogens (tertiary/aromatic N) is 1. The average molecular weight is 161 g/mol. The molecule has 1 atom stereocenters. The molecule has 4 nitrogen and oxygen atoms in total. The van der Waals surface area contributed by atoms with Crippen LogP contribution >= 0.6 is 0 Å². The van der Waals surface area contributed by atoms with Crippen LogP contribution in [0.1, 0.15) is 0 Å². The maximum absolute atomic E-state index is 10.5. The van der Waals surface area contributed by atoms with Gasteiger partial charge < -0.3 is 9.47 Å². The summed E-state index contributed by atoms with van der Waals surface area (Å²) in [6, 6.07) is 0. The topological polar surface area (TPSA) is 51.2 Å². The van der Waals surface area contributed by atoms with Crippen molar-refractivity contribution >= 4 is 18.4 Å². The van der Waals surface area contributed by atoms with E-state index in [1.54, 1.807) is 0 Å². The Morgan fingerprint density at radius 2 is 2.60 bits per heavy atom. The van der Waals surface area contributed by atoms with Crippen LogP contribution in [-0.2, 0) is 26.7 Å². The van der Waals surface area contributed by atoms with Crippen LogP contribution < -0.4 is 0 Å². The maximum Gasteiger partial charge on any atom is 0.328 e. The minimum Gasteiger partial charge on any atom is -0.461 e. The van der Waals surface area contributed by atoms with E-state index in [4.69, 9.17) is 4.74 Å². The van der Waals surface area contributed by atoms with Gasteiger partial charge in [-0.05, 0) is 0 Å². The lowest BCUT2D eigenvalue weighted by Gasteiger charge is -1.96. The summed E-state index contributed by atoms with van der Waals surface area (Å²) in [6.45, 7) is 0.990. The van der Waals surface area contributed by atoms with Gasteiger partial charge in [0.05, 0.1) is 6.61 Å². The Kier molecular flexibility index (Phi) is 2.70. The number of epoxide rings is 1. The zero-order chi connectivity index (χ0) is 7.40. The third kappa shape index (κ3) is 2.84. The zero-order valence-corrected chi connectivity index (χ0v) is 6.10. The highest BCUT2D eigenvalue weighted by Gasteiger charge is 2.23. The van der Waals surface area contributed by atoms with E-state index in [1.165, 1.54) is 0 Å². The minimum absolute atomic E-state index is 0.0396. The molecule has 0 aromatic carbocycles. The fourth-order valence-corrected chi connectivity index (χ4v) is 0.554. The summed E-state index contributed by atoms with van der Waals surface area (Å²) in [5, 5.41) is 0. The average Bonchev–Trinajstić information content (AvgIpc) is 2.67. The summed E-state index contributed by atoms with van der Waals surface area (Å²) in [5.41, 5.74) is 0. The zero-order valence-electron chi connectivity index (χ0n) is 5.28. The van der Waals surface area contributed by atoms with Gasteiger partial charge in [0.1, 0.15) is 19.3 Å². The van der Waals surface area contributed by atoms with Gasteiger partial charge in [-0.1, -0.05) is 0 Å². The van der Waals surface area contributed by atoms with Crippen molar-refractivity contribution in [1.29, 1.82) is 0 Å². The molecular weight excluding hydrogens is 154 g/mol. The van der Waals surface area contributed by atoms with Gasteiger partial charge in [0.2, 0.25) is 0 Å². The molecule has 1 rings (SSSR count). The lowest BCUT2D eigenvalue weighted by molar-refractivity contribution is -0.142. The molecule has 0 bridgehead atoms. The highest BCUT2D eigenvalue weighted by molar-refractivity contribution is 7.47. The molecule has 0 aromatic heterocycles. The molecule has 0 amide bonds. The van der Waals surface area contributed by atoms with Crippen LogP contribution in [0.15, 0.2) is 4.36 Å². The molecule has 0 aliphatic carbocycles. The van der Waals surface area contributed by atoms with Gasteiger partial charge in [0.25, 0.3) is 0 Å². The third-order valence-corrected chi connectivity index (χ3v) is 1.16. The van der Waals surface area contributed by atoms with Crippen molar-refractivity contribution in [3.8, 4) is 0 Å². The third-order valence-electron chi connectivity index (χ3n) is 1.03. The van der Waals surface area contributed by atoms with Crippen molar-refractivity contribution in [2.24, 2.45) is 4.36 Å². The predicted molar refractivity (Wildman–Crippen MR) is 35.4 cm³/mol. The van der Waals surface area contributed by atoms with E-state index in [2.05, 4.69) is 21.5 Å². The summed E-state index contributed by atoms with van der Waals surface area (Å²) in [5.74, 6) is -0.384. The Balaban J connectivity index is 1.99. The Morgan fingerprint density at radius 3 is 3.10 bits per heavy atom. The van der Waals surface area contributed by atoms with Gasteiger partial charge in [0.15, 0.2) is 0 Å². The minimum atomic E-state index is -0.384. The molecule has 1 fully saturated rings. The van der Waals surface area contributed by atoms with Crippen LogP contribution in [0.3, 0.4) is 0 Å². The largest absolute Gasteiger partial charge is 0.461 e. The SMILES string of the molecule is O=C(CN=S)OCC1CO1. The fourth-order valence-electron chi connectivity index (χ4n) is 0.449. The standard InChI is InChI=1S/C5H7NO3S/c7-5(1-6-10)9-3-4-2-8-4/h4H,1-3H2. The van der Waals surface area contributed by atoms with E-state index in [1.807, 2.05) is 0 Å². The Morgan fingerprint density at radius 1 is 1.90 bits per heavy atom. The molecule has 0 saturated carbocycles. The number of esters is 1. The van der Waals surface area contributed by atoms with E-state index in [0.29, 0.717) is 13.2 Å². The molecule has 1 aliphatic heterocycles. The van der Waals surface area contributed by atoms with Crippen LogP contribution in [0.4, 0.5) is 0 Å². The fraction of sp³-hybridized carbons (Fsp3) is 0.800. The van der Waals surface area contributed by atoms with Crippen LogP contribution in [0, 0.1) is 0 Å². The molecule has 0 N–H and O–H groups in total. The first-order chi connectivity index (χ1) is 4.83. The Hall–Kier alpha value is -0.550. The molecule has 0 aromatic rings. The highest BCUT2D eigenvalue weighted by Crippen LogP contribution is 2.08. The lowest BCUT2D eigenvalue weighted by atomic mass is 10.5. The van der Waals surface area contributed by atoms with Gasteiger partial charge in [-0.2, -0.15) is 0 Å². The van der Waals surface area contributed by atoms with Crippen molar-refractivity contribution in [3.05, 3.63) is 0 Å². The molecular formula is C5H7NO3S. The Labute approximate surface area is 63.7 Å². The van der Waals surface area contributed by atoms with E-state index in [-0.39, 0.29) is 18.6 Å². The normalized spacial score (nSPS) is 21.8. The van der Waals surface area contributed by atoms with Crippen LogP contribution in [-0.4, -0.2) is 31.8 Å². The molecule has 1 aliphatic rings. The number of carbonyl (C=O) groups excluding carboxylic acids is 1. The van der Waals surface area contributed by atoms with Crippen LogP contribution in [0.5, 0.6) is 0 Å². The highest BCUT2D eigenvalue weighted by atomic mass is 32.1. The molecule has 1 saturated heterocycles. The molecule has 1 heterocycles. The van der Waals surface area contributed by atoms with Gasteiger partial charge in [-0.3, -0.25) is 4.79 Å².